The second-order valence-corrected chi connectivity index (χ2v) is 9.94. The van der Waals surface area contributed by atoms with Gasteiger partial charge in [-0.2, -0.15) is 0 Å². The van der Waals surface area contributed by atoms with Crippen molar-refractivity contribution in [2.24, 2.45) is 0 Å². The number of rotatable bonds is 7. The van der Waals surface area contributed by atoms with Crippen LogP contribution in [0.1, 0.15) is 42.9 Å². The first-order chi connectivity index (χ1) is 16.2. The molecular weight excluding hydrogens is 456 g/mol. The van der Waals surface area contributed by atoms with Crippen LogP contribution in [-0.4, -0.2) is 39.1 Å². The Morgan fingerprint density at radius 2 is 1.97 bits per heavy atom. The molecule has 1 aliphatic heterocycles. The molecule has 1 N–H and O–H groups in total. The van der Waals surface area contributed by atoms with Crippen molar-refractivity contribution in [1.82, 2.24) is 20.1 Å². The van der Waals surface area contributed by atoms with E-state index in [1.165, 1.54) is 22.9 Å². The average molecular weight is 483 g/mol. The third-order valence-corrected chi connectivity index (χ3v) is 7.49. The molecule has 8 heteroatoms. The van der Waals surface area contributed by atoms with E-state index in [2.05, 4.69) is 38.3 Å². The lowest BCUT2D eigenvalue weighted by Gasteiger charge is -2.26. The van der Waals surface area contributed by atoms with Gasteiger partial charge in [-0.3, -0.25) is 9.36 Å². The summed E-state index contributed by atoms with van der Waals surface area (Å²) in [6, 6.07) is 16.1. The van der Waals surface area contributed by atoms with Gasteiger partial charge in [0.05, 0.1) is 24.4 Å². The molecule has 172 valence electrons. The number of halogens is 1. The number of thioether (sulfide) groups is 1. The third-order valence-electron chi connectivity index (χ3n) is 6.27. The van der Waals surface area contributed by atoms with Gasteiger partial charge in [-0.1, -0.05) is 47.6 Å². The van der Waals surface area contributed by atoms with E-state index in [9.17, 15) is 4.79 Å². The quantitative estimate of drug-likeness (QED) is 0.476. The van der Waals surface area contributed by atoms with Gasteiger partial charge in [0.15, 0.2) is 11.0 Å². The molecule has 1 amide bonds. The van der Waals surface area contributed by atoms with Crippen molar-refractivity contribution in [3.63, 3.8) is 0 Å². The number of hydrogen-bond donors (Lipinski definition) is 1. The van der Waals surface area contributed by atoms with Crippen LogP contribution in [0.15, 0.2) is 53.7 Å². The molecule has 33 heavy (non-hydrogen) atoms. The number of nitrogens with one attached hydrogen (secondary N) is 1. The van der Waals surface area contributed by atoms with E-state index in [1.807, 2.05) is 30.3 Å². The maximum absolute atomic E-state index is 12.8. The third kappa shape index (κ3) is 5.26. The fourth-order valence-electron chi connectivity index (χ4n) is 4.63. The number of aromatic nitrogens is 3. The molecule has 1 fully saturated rings. The predicted octanol–water partition coefficient (Wildman–Crippen LogP) is 5.06. The van der Waals surface area contributed by atoms with Crippen molar-refractivity contribution in [2.75, 3.05) is 12.4 Å². The van der Waals surface area contributed by atoms with Crippen molar-refractivity contribution >= 4 is 29.3 Å². The maximum Gasteiger partial charge on any atom is 0.230 e. The normalized spacial score (nSPS) is 19.9. The average Bonchev–Trinajstić information content (AvgIpc) is 3.49. The summed E-state index contributed by atoms with van der Waals surface area (Å²) in [5, 5.41) is 13.5. The number of benzene rings is 2. The van der Waals surface area contributed by atoms with E-state index in [4.69, 9.17) is 16.3 Å². The van der Waals surface area contributed by atoms with Gasteiger partial charge in [0, 0.05) is 17.2 Å². The highest BCUT2D eigenvalue weighted by Crippen LogP contribution is 2.30. The van der Waals surface area contributed by atoms with E-state index >= 15 is 0 Å². The van der Waals surface area contributed by atoms with Gasteiger partial charge in [-0.25, -0.2) is 0 Å². The Labute approximate surface area is 203 Å². The molecule has 2 aliphatic rings. The predicted molar refractivity (Wildman–Crippen MR) is 130 cm³/mol. The molecule has 1 aromatic heterocycles. The largest absolute Gasteiger partial charge is 0.376 e. The Hall–Kier alpha value is -2.35. The van der Waals surface area contributed by atoms with Crippen LogP contribution in [0.3, 0.4) is 0 Å². The molecule has 1 saturated heterocycles. The van der Waals surface area contributed by atoms with Gasteiger partial charge >= 0.3 is 0 Å². The fourth-order valence-corrected chi connectivity index (χ4v) is 5.52. The number of ether oxygens (including phenoxy) is 1. The van der Waals surface area contributed by atoms with Crippen LogP contribution in [-0.2, 0) is 22.5 Å². The molecule has 0 bridgehead atoms. The van der Waals surface area contributed by atoms with Crippen molar-refractivity contribution in [2.45, 2.75) is 56.0 Å². The lowest BCUT2D eigenvalue weighted by Crippen LogP contribution is -2.32. The first-order valence-corrected chi connectivity index (χ1v) is 12.8. The molecule has 0 saturated carbocycles. The van der Waals surface area contributed by atoms with Crippen molar-refractivity contribution in [1.29, 1.82) is 0 Å². The highest BCUT2D eigenvalue weighted by Gasteiger charge is 2.24. The van der Waals surface area contributed by atoms with Gasteiger partial charge in [-0.15, -0.1) is 10.2 Å². The Morgan fingerprint density at radius 3 is 2.79 bits per heavy atom. The van der Waals surface area contributed by atoms with Crippen LogP contribution < -0.4 is 5.32 Å². The summed E-state index contributed by atoms with van der Waals surface area (Å²) in [5.74, 6) is 1.08. The number of carbonyl (C=O) groups excluding carboxylic acids is 1. The summed E-state index contributed by atoms with van der Waals surface area (Å²) < 4.78 is 7.94. The summed E-state index contributed by atoms with van der Waals surface area (Å²) >= 11 is 7.49. The minimum atomic E-state index is 0.0152. The number of carbonyl (C=O) groups is 1. The van der Waals surface area contributed by atoms with Gasteiger partial charge in [-0.05, 0) is 67.5 Å². The zero-order valence-corrected chi connectivity index (χ0v) is 19.9. The van der Waals surface area contributed by atoms with Crippen LogP contribution in [0.2, 0.25) is 5.02 Å². The lowest BCUT2D eigenvalue weighted by molar-refractivity contribution is -0.119. The fraction of sp³-hybridized carbons (Fsp3) is 0.400. The zero-order chi connectivity index (χ0) is 22.6. The van der Waals surface area contributed by atoms with Crippen molar-refractivity contribution in [3.05, 3.63) is 64.7 Å². The molecule has 2 atom stereocenters. The molecule has 5 rings (SSSR count). The minimum absolute atomic E-state index is 0.0152. The Bertz CT molecular complexity index is 1110. The van der Waals surface area contributed by atoms with E-state index in [0.29, 0.717) is 17.3 Å². The molecule has 2 heterocycles. The molecular formula is C25H27ClN4O2S. The number of amides is 1. The zero-order valence-electron chi connectivity index (χ0n) is 18.4. The molecule has 0 spiro atoms. The molecule has 0 unspecified atom stereocenters. The summed E-state index contributed by atoms with van der Waals surface area (Å²) in [6.45, 7) is 1.46. The smallest absolute Gasteiger partial charge is 0.230 e. The summed E-state index contributed by atoms with van der Waals surface area (Å²) in [5.41, 5.74) is 3.53. The first kappa shape index (κ1) is 22.4. The van der Waals surface area contributed by atoms with Gasteiger partial charge in [0.25, 0.3) is 0 Å². The second kappa shape index (κ2) is 10.3. The van der Waals surface area contributed by atoms with Crippen LogP contribution in [0.5, 0.6) is 0 Å². The van der Waals surface area contributed by atoms with Crippen LogP contribution in [0.25, 0.3) is 11.4 Å². The minimum Gasteiger partial charge on any atom is -0.376 e. The van der Waals surface area contributed by atoms with Gasteiger partial charge < -0.3 is 10.1 Å². The number of aryl methyl sites for hydroxylation is 1. The van der Waals surface area contributed by atoms with Gasteiger partial charge in [0.2, 0.25) is 5.91 Å². The molecule has 0 radical (unpaired) electrons. The Morgan fingerprint density at radius 1 is 1.12 bits per heavy atom. The van der Waals surface area contributed by atoms with E-state index in [-0.39, 0.29) is 18.1 Å². The number of fused-ring (bicyclic) bond motifs is 1. The van der Waals surface area contributed by atoms with E-state index in [1.54, 1.807) is 0 Å². The van der Waals surface area contributed by atoms with Crippen LogP contribution in [0.4, 0.5) is 0 Å². The summed E-state index contributed by atoms with van der Waals surface area (Å²) in [4.78, 5) is 12.8. The van der Waals surface area contributed by atoms with Crippen molar-refractivity contribution < 1.29 is 9.53 Å². The van der Waals surface area contributed by atoms with Crippen molar-refractivity contribution in [3.8, 4) is 11.4 Å². The topological polar surface area (TPSA) is 69.0 Å². The lowest BCUT2D eigenvalue weighted by atomic mass is 9.88. The molecule has 1 aliphatic carbocycles. The van der Waals surface area contributed by atoms with Gasteiger partial charge in [0.1, 0.15) is 0 Å². The van der Waals surface area contributed by atoms with E-state index < -0.39 is 0 Å². The van der Waals surface area contributed by atoms with Crippen LogP contribution in [0, 0.1) is 0 Å². The second-order valence-electron chi connectivity index (χ2n) is 8.56. The monoisotopic (exact) mass is 482 g/mol. The molecule has 2 aromatic carbocycles. The standard InChI is InChI=1S/C25H27ClN4O2S/c26-19-12-10-18(11-13-19)24-28-29-25(30(24)15-20-7-4-14-32-20)33-16-23(31)27-22-9-3-6-17-5-1-2-8-21(17)22/h1-2,5,8,10-13,20,22H,3-4,6-7,9,14-16H2,(H,27,31)/t20-,22-/m0/s1. The summed E-state index contributed by atoms with van der Waals surface area (Å²) in [6.07, 6.45) is 5.37. The summed E-state index contributed by atoms with van der Waals surface area (Å²) in [7, 11) is 0. The van der Waals surface area contributed by atoms with E-state index in [0.717, 1.165) is 55.3 Å². The molecule has 6 nitrogen and oxygen atoms in total. The maximum atomic E-state index is 12.8. The number of hydrogen-bond acceptors (Lipinski definition) is 5. The SMILES string of the molecule is O=C(CSc1nnc(-c2ccc(Cl)cc2)n1C[C@@H]1CCCO1)N[C@H]1CCCc2ccccc21. The molecule has 3 aromatic rings. The Balaban J connectivity index is 1.30. The highest BCUT2D eigenvalue weighted by atomic mass is 35.5. The number of nitrogens with zero attached hydrogens (tertiary/aromatic N) is 3. The van der Waals surface area contributed by atoms with Crippen LogP contribution >= 0.6 is 23.4 Å². The Kier molecular flexibility index (Phi) is 6.99. The highest BCUT2D eigenvalue weighted by molar-refractivity contribution is 7.99. The first-order valence-electron chi connectivity index (χ1n) is 11.5.